The number of para-hydroxylation sites is 2. The smallest absolute Gasteiger partial charge is 0.253 e. The summed E-state index contributed by atoms with van der Waals surface area (Å²) in [5.74, 6) is 0.399. The molecule has 7 nitrogen and oxygen atoms in total. The molecule has 0 saturated carbocycles. The van der Waals surface area contributed by atoms with Crippen molar-refractivity contribution in [1.29, 1.82) is 0 Å². The molecule has 2 amide bonds. The molecule has 7 heteroatoms. The summed E-state index contributed by atoms with van der Waals surface area (Å²) in [6.07, 6.45) is 0. The Hall–Kier alpha value is -3.06. The Balaban J connectivity index is 1.93. The minimum atomic E-state index is -0.216. The number of hydrogen-bond acceptors (Lipinski definition) is 5. The first kappa shape index (κ1) is 23.2. The number of carbonyl (C=O) groups excluding carboxylic acids is 2. The maximum absolute atomic E-state index is 12.5. The van der Waals surface area contributed by atoms with Gasteiger partial charge in [0.25, 0.3) is 5.91 Å². The average molecular weight is 414 g/mol. The van der Waals surface area contributed by atoms with Crippen LogP contribution < -0.4 is 15.4 Å². The first-order chi connectivity index (χ1) is 14.6. The molecule has 0 saturated heterocycles. The van der Waals surface area contributed by atoms with Crippen LogP contribution in [0.1, 0.15) is 31.1 Å². The molecule has 0 atom stereocenters. The Labute approximate surface area is 178 Å². The van der Waals surface area contributed by atoms with E-state index >= 15 is 0 Å². The van der Waals surface area contributed by atoms with Crippen LogP contribution >= 0.6 is 0 Å². The Bertz CT molecular complexity index is 822. The van der Waals surface area contributed by atoms with E-state index in [-0.39, 0.29) is 18.4 Å². The molecule has 2 aromatic rings. The van der Waals surface area contributed by atoms with E-state index in [2.05, 4.69) is 10.6 Å². The van der Waals surface area contributed by atoms with Crippen molar-refractivity contribution < 1.29 is 19.1 Å². The van der Waals surface area contributed by atoms with Gasteiger partial charge in [-0.25, -0.2) is 0 Å². The highest BCUT2D eigenvalue weighted by Crippen LogP contribution is 2.23. The SMILES string of the molecule is CCOCCOc1ccccc1NCC(=O)Nc1cccc(C(=O)N(CC)CC)c1. The number of nitrogens with one attached hydrogen (secondary N) is 2. The van der Waals surface area contributed by atoms with Crippen LogP contribution in [0.4, 0.5) is 11.4 Å². The van der Waals surface area contributed by atoms with E-state index in [1.54, 1.807) is 29.2 Å². The number of rotatable bonds is 12. The first-order valence-corrected chi connectivity index (χ1v) is 10.3. The summed E-state index contributed by atoms with van der Waals surface area (Å²) >= 11 is 0. The summed E-state index contributed by atoms with van der Waals surface area (Å²) in [5, 5.41) is 5.92. The Kier molecular flexibility index (Phi) is 9.67. The number of ether oxygens (including phenoxy) is 2. The maximum Gasteiger partial charge on any atom is 0.253 e. The molecule has 0 heterocycles. The molecule has 0 aliphatic rings. The van der Waals surface area contributed by atoms with Crippen LogP contribution in [0.2, 0.25) is 0 Å². The third kappa shape index (κ3) is 7.08. The van der Waals surface area contributed by atoms with Crippen LogP contribution in [-0.2, 0) is 9.53 Å². The van der Waals surface area contributed by atoms with Crippen molar-refractivity contribution in [2.24, 2.45) is 0 Å². The van der Waals surface area contributed by atoms with E-state index in [9.17, 15) is 9.59 Å². The minimum Gasteiger partial charge on any atom is -0.489 e. The fourth-order valence-corrected chi connectivity index (χ4v) is 2.90. The van der Waals surface area contributed by atoms with Crippen LogP contribution in [0.25, 0.3) is 0 Å². The molecule has 30 heavy (non-hydrogen) atoms. The van der Waals surface area contributed by atoms with E-state index in [0.717, 1.165) is 5.69 Å². The van der Waals surface area contributed by atoms with Crippen LogP contribution in [0.15, 0.2) is 48.5 Å². The van der Waals surface area contributed by atoms with E-state index in [4.69, 9.17) is 9.47 Å². The molecule has 0 fully saturated rings. The second kappa shape index (κ2) is 12.5. The van der Waals surface area contributed by atoms with Crippen molar-refractivity contribution in [3.63, 3.8) is 0 Å². The highest BCUT2D eigenvalue weighted by atomic mass is 16.5. The van der Waals surface area contributed by atoms with Crippen LogP contribution in [0.5, 0.6) is 5.75 Å². The molecule has 0 aliphatic carbocycles. The number of carbonyl (C=O) groups is 2. The Morgan fingerprint density at radius 1 is 0.967 bits per heavy atom. The van der Waals surface area contributed by atoms with E-state index in [1.165, 1.54) is 0 Å². The van der Waals surface area contributed by atoms with Crippen LogP contribution in [-0.4, -0.2) is 56.2 Å². The Morgan fingerprint density at radius 2 is 1.73 bits per heavy atom. The largest absolute Gasteiger partial charge is 0.489 e. The molecule has 0 bridgehead atoms. The lowest BCUT2D eigenvalue weighted by Crippen LogP contribution is -2.30. The van der Waals surface area contributed by atoms with Gasteiger partial charge in [0.2, 0.25) is 5.91 Å². The molecule has 0 unspecified atom stereocenters. The number of anilines is 2. The molecule has 0 spiro atoms. The zero-order chi connectivity index (χ0) is 21.8. The highest BCUT2D eigenvalue weighted by Gasteiger charge is 2.13. The monoisotopic (exact) mass is 413 g/mol. The van der Waals surface area contributed by atoms with Gasteiger partial charge < -0.3 is 25.0 Å². The van der Waals surface area contributed by atoms with Gasteiger partial charge in [0.05, 0.1) is 18.8 Å². The molecule has 0 radical (unpaired) electrons. The van der Waals surface area contributed by atoms with Gasteiger partial charge in [0, 0.05) is 30.9 Å². The normalized spacial score (nSPS) is 10.4. The predicted octanol–water partition coefficient (Wildman–Crippen LogP) is 3.63. The summed E-state index contributed by atoms with van der Waals surface area (Å²) in [6.45, 7) is 8.76. The average Bonchev–Trinajstić information content (AvgIpc) is 2.77. The quantitative estimate of drug-likeness (QED) is 0.520. The minimum absolute atomic E-state index is 0.0487. The lowest BCUT2D eigenvalue weighted by molar-refractivity contribution is -0.114. The summed E-state index contributed by atoms with van der Waals surface area (Å²) in [6, 6.07) is 14.4. The first-order valence-electron chi connectivity index (χ1n) is 10.3. The number of amides is 2. The Morgan fingerprint density at radius 3 is 2.47 bits per heavy atom. The van der Waals surface area contributed by atoms with Crippen LogP contribution in [0, 0.1) is 0 Å². The molecule has 2 aromatic carbocycles. The zero-order valence-electron chi connectivity index (χ0n) is 17.9. The van der Waals surface area contributed by atoms with E-state index in [1.807, 2.05) is 45.0 Å². The molecular weight excluding hydrogens is 382 g/mol. The number of hydrogen-bond donors (Lipinski definition) is 2. The number of benzene rings is 2. The van der Waals surface area contributed by atoms with Crippen LogP contribution in [0.3, 0.4) is 0 Å². The van der Waals surface area contributed by atoms with Crippen molar-refractivity contribution in [2.75, 3.05) is 50.1 Å². The molecule has 0 aliphatic heterocycles. The van der Waals surface area contributed by atoms with Gasteiger partial charge in [-0.2, -0.15) is 0 Å². The van der Waals surface area contributed by atoms with Gasteiger partial charge in [0.1, 0.15) is 12.4 Å². The molecule has 2 N–H and O–H groups in total. The van der Waals surface area contributed by atoms with E-state index in [0.29, 0.717) is 49.9 Å². The van der Waals surface area contributed by atoms with Gasteiger partial charge in [0.15, 0.2) is 0 Å². The van der Waals surface area contributed by atoms with Gasteiger partial charge in [-0.05, 0) is 51.1 Å². The summed E-state index contributed by atoms with van der Waals surface area (Å²) in [4.78, 5) is 26.6. The molecule has 162 valence electrons. The lowest BCUT2D eigenvalue weighted by atomic mass is 10.1. The fourth-order valence-electron chi connectivity index (χ4n) is 2.90. The van der Waals surface area contributed by atoms with Crippen molar-refractivity contribution in [3.8, 4) is 5.75 Å². The highest BCUT2D eigenvalue weighted by molar-refractivity contribution is 5.98. The zero-order valence-corrected chi connectivity index (χ0v) is 17.9. The van der Waals surface area contributed by atoms with Gasteiger partial charge in [-0.3, -0.25) is 9.59 Å². The second-order valence-corrected chi connectivity index (χ2v) is 6.50. The summed E-state index contributed by atoms with van der Waals surface area (Å²) in [7, 11) is 0. The second-order valence-electron chi connectivity index (χ2n) is 6.50. The predicted molar refractivity (Wildman–Crippen MR) is 119 cm³/mol. The van der Waals surface area contributed by atoms with Crippen molar-refractivity contribution >= 4 is 23.2 Å². The molecular formula is C23H31N3O4. The number of nitrogens with zero attached hydrogens (tertiary/aromatic N) is 1. The van der Waals surface area contributed by atoms with Gasteiger partial charge in [-0.15, -0.1) is 0 Å². The third-order valence-electron chi connectivity index (χ3n) is 4.46. The molecule has 2 rings (SSSR count). The lowest BCUT2D eigenvalue weighted by Gasteiger charge is -2.19. The topological polar surface area (TPSA) is 79.9 Å². The van der Waals surface area contributed by atoms with E-state index < -0.39 is 0 Å². The van der Waals surface area contributed by atoms with Crippen molar-refractivity contribution in [3.05, 3.63) is 54.1 Å². The van der Waals surface area contributed by atoms with Crippen molar-refractivity contribution in [2.45, 2.75) is 20.8 Å². The standard InChI is InChI=1S/C23H31N3O4/c1-4-26(5-2)23(28)18-10-9-11-19(16-18)25-22(27)17-24-20-12-7-8-13-21(20)30-15-14-29-6-3/h7-13,16,24H,4-6,14-15,17H2,1-3H3,(H,25,27). The summed E-state index contributed by atoms with van der Waals surface area (Å²) in [5.41, 5.74) is 1.87. The maximum atomic E-state index is 12.5. The third-order valence-corrected chi connectivity index (χ3v) is 4.46. The van der Waals surface area contributed by atoms with Gasteiger partial charge >= 0.3 is 0 Å². The molecule has 0 aromatic heterocycles. The summed E-state index contributed by atoms with van der Waals surface area (Å²) < 4.78 is 11.0. The van der Waals surface area contributed by atoms with Gasteiger partial charge in [-0.1, -0.05) is 18.2 Å². The van der Waals surface area contributed by atoms with Crippen molar-refractivity contribution in [1.82, 2.24) is 4.90 Å². The fraction of sp³-hybridized carbons (Fsp3) is 0.391.